The van der Waals surface area contributed by atoms with Crippen molar-refractivity contribution in [3.8, 4) is 67.5 Å². The molecule has 10 aromatic heterocycles. The number of likely N-dealkylation sites (tertiary alicyclic amines) is 1. The van der Waals surface area contributed by atoms with Crippen LogP contribution in [0.3, 0.4) is 0 Å². The lowest BCUT2D eigenvalue weighted by Crippen LogP contribution is -2.18. The number of nitrogens with one attached hydrogen (secondary N) is 5. The molecular weight excluding hydrogens is 953 g/mol. The number of aromatic nitrogens is 12. The number of fused-ring (bicyclic) bond motifs is 4. The van der Waals surface area contributed by atoms with Crippen LogP contribution in [0, 0.1) is 0 Å². The van der Waals surface area contributed by atoms with E-state index < -0.39 is 0 Å². The third kappa shape index (κ3) is 9.96. The van der Waals surface area contributed by atoms with E-state index in [1.54, 1.807) is 6.20 Å². The van der Waals surface area contributed by atoms with Gasteiger partial charge in [0, 0.05) is 99.3 Å². The zero-order valence-electron chi connectivity index (χ0n) is 42.7. The van der Waals surface area contributed by atoms with E-state index in [0.29, 0.717) is 0 Å². The number of hydrogen-bond acceptors (Lipinski definition) is 10. The largest absolute Gasteiger partial charge is 0.354 e. The molecule has 0 saturated carbocycles. The topological polar surface area (TPSA) is 182 Å². The number of aromatic amines is 4. The molecule has 1 fully saturated rings. The van der Waals surface area contributed by atoms with Gasteiger partial charge in [0.2, 0.25) is 0 Å². The smallest absolute Gasteiger partial charge is 0.116 e. The van der Waals surface area contributed by atoms with Crippen molar-refractivity contribution in [2.24, 2.45) is 0 Å². The molecule has 13 aromatic rings. The molecule has 0 atom stereocenters. The van der Waals surface area contributed by atoms with Crippen LogP contribution >= 0.6 is 0 Å². The Morgan fingerprint density at radius 2 is 1.04 bits per heavy atom. The third-order valence-electron chi connectivity index (χ3n) is 13.9. The molecule has 14 heteroatoms. The fourth-order valence-corrected chi connectivity index (χ4v) is 10.1. The summed E-state index contributed by atoms with van der Waals surface area (Å²) in [6.07, 6.45) is 21.0. The minimum atomic E-state index is 0.806. The number of anilines is 1. The average molecular weight is 1010 g/mol. The Hall–Kier alpha value is -9.92. The van der Waals surface area contributed by atoms with Gasteiger partial charge in [-0.25, -0.2) is 0 Å². The summed E-state index contributed by atoms with van der Waals surface area (Å²) in [7, 11) is 0. The highest BCUT2D eigenvalue weighted by Gasteiger charge is 2.18. The highest BCUT2D eigenvalue weighted by Crippen LogP contribution is 2.37. The normalized spacial score (nSPS) is 12.4. The van der Waals surface area contributed by atoms with Crippen LogP contribution in [-0.2, 0) is 6.54 Å². The Morgan fingerprint density at radius 3 is 1.60 bits per heavy atom. The maximum absolute atomic E-state index is 4.71. The van der Waals surface area contributed by atoms with Gasteiger partial charge in [0.25, 0.3) is 0 Å². The molecule has 0 spiro atoms. The molecule has 1 aliphatic rings. The van der Waals surface area contributed by atoms with Crippen LogP contribution < -0.4 is 5.32 Å². The highest BCUT2D eigenvalue weighted by molar-refractivity contribution is 6.03. The van der Waals surface area contributed by atoms with Crippen molar-refractivity contribution in [1.29, 1.82) is 0 Å². The summed E-state index contributed by atoms with van der Waals surface area (Å²) in [5.74, 6) is 0. The predicted octanol–water partition coefficient (Wildman–Crippen LogP) is 14.2. The summed E-state index contributed by atoms with van der Waals surface area (Å²) in [5.41, 5.74) is 19.6. The number of rotatable bonds is 11. The van der Waals surface area contributed by atoms with E-state index in [2.05, 4.69) is 139 Å². The Labute approximate surface area is 444 Å². The molecule has 0 radical (unpaired) electrons. The van der Waals surface area contributed by atoms with Crippen LogP contribution in [0.2, 0.25) is 0 Å². The zero-order valence-corrected chi connectivity index (χ0v) is 42.7. The molecule has 376 valence electrons. The first-order chi connectivity index (χ1) is 38.0. The van der Waals surface area contributed by atoms with Gasteiger partial charge >= 0.3 is 0 Å². The van der Waals surface area contributed by atoms with Gasteiger partial charge in [-0.05, 0) is 132 Å². The molecule has 0 bridgehead atoms. The summed E-state index contributed by atoms with van der Waals surface area (Å²) >= 11 is 0. The van der Waals surface area contributed by atoms with E-state index in [0.717, 1.165) is 129 Å². The van der Waals surface area contributed by atoms with Gasteiger partial charge in [0.1, 0.15) is 11.4 Å². The van der Waals surface area contributed by atoms with E-state index in [-0.39, 0.29) is 0 Å². The molecule has 0 aliphatic carbocycles. The maximum atomic E-state index is 4.71. The summed E-state index contributed by atoms with van der Waals surface area (Å²) in [6.45, 7) is 11.4. The molecule has 5 N–H and O–H groups in total. The van der Waals surface area contributed by atoms with Gasteiger partial charge in [-0.15, -0.1) is 0 Å². The van der Waals surface area contributed by atoms with Gasteiger partial charge in [-0.2, -0.15) is 10.2 Å². The lowest BCUT2D eigenvalue weighted by molar-refractivity contribution is 0.331. The van der Waals surface area contributed by atoms with E-state index in [4.69, 9.17) is 4.98 Å². The lowest BCUT2D eigenvalue weighted by atomic mass is 10.0. The van der Waals surface area contributed by atoms with Gasteiger partial charge in [-0.1, -0.05) is 75.0 Å². The SMILES string of the molecule is C=C(Nc1cncc(-c2cc3c(-c4cc5c(-c6ccncc6)cccc5[nH]4)n[nH]c3cn2)c1)c1ccccc1.CC.c1cc(-c2ccncc2)c2cc(-c3n[nH]c4cnc(-c5cncc(CN6CCCC6)c5)cc34)[nH]c2c1. The van der Waals surface area contributed by atoms with Gasteiger partial charge < -0.3 is 15.3 Å². The Bertz CT molecular complexity index is 4170. The van der Waals surface area contributed by atoms with Crippen LogP contribution in [0.1, 0.15) is 37.8 Å². The predicted molar refractivity (Wildman–Crippen MR) is 310 cm³/mol. The molecule has 0 unspecified atom stereocenters. The van der Waals surface area contributed by atoms with Gasteiger partial charge in [0.05, 0.1) is 58.1 Å². The minimum Gasteiger partial charge on any atom is -0.354 e. The van der Waals surface area contributed by atoms with E-state index in [1.807, 2.05) is 130 Å². The number of pyridine rings is 6. The van der Waals surface area contributed by atoms with Crippen molar-refractivity contribution < 1.29 is 0 Å². The molecule has 3 aromatic carbocycles. The Morgan fingerprint density at radius 1 is 0.506 bits per heavy atom. The van der Waals surface area contributed by atoms with Crippen molar-refractivity contribution in [3.63, 3.8) is 0 Å². The van der Waals surface area contributed by atoms with Crippen molar-refractivity contribution in [1.82, 2.24) is 65.2 Å². The monoisotopic (exact) mass is 1010 g/mol. The fourth-order valence-electron chi connectivity index (χ4n) is 10.1. The minimum absolute atomic E-state index is 0.806. The summed E-state index contributed by atoms with van der Waals surface area (Å²) in [6, 6.07) is 43.4. The maximum Gasteiger partial charge on any atom is 0.116 e. The lowest BCUT2D eigenvalue weighted by Gasteiger charge is -2.14. The second kappa shape index (κ2) is 21.5. The first kappa shape index (κ1) is 48.0. The first-order valence-corrected chi connectivity index (χ1v) is 25.9. The van der Waals surface area contributed by atoms with E-state index in [1.165, 1.54) is 37.1 Å². The third-order valence-corrected chi connectivity index (χ3v) is 13.9. The highest BCUT2D eigenvalue weighted by atomic mass is 15.1. The number of H-pyrrole nitrogens is 4. The van der Waals surface area contributed by atoms with Gasteiger partial charge in [0.15, 0.2) is 0 Å². The first-order valence-electron chi connectivity index (χ1n) is 25.9. The number of benzene rings is 3. The van der Waals surface area contributed by atoms with Crippen LogP contribution in [-0.4, -0.2) is 78.3 Å². The number of nitrogens with zero attached hydrogens (tertiary/aromatic N) is 9. The molecule has 0 amide bonds. The van der Waals surface area contributed by atoms with E-state index >= 15 is 0 Å². The quantitative estimate of drug-likeness (QED) is 0.0836. The van der Waals surface area contributed by atoms with Crippen molar-refractivity contribution >= 4 is 55.0 Å². The summed E-state index contributed by atoms with van der Waals surface area (Å²) < 4.78 is 0. The fraction of sp³-hybridized carbons (Fsp3) is 0.111. The Balaban J connectivity index is 0.000000150. The van der Waals surface area contributed by atoms with Crippen molar-refractivity contribution in [3.05, 3.63) is 207 Å². The molecule has 11 heterocycles. The molecular formula is C63H54N14. The molecule has 1 saturated heterocycles. The molecule has 14 rings (SSSR count). The number of hydrogen-bond donors (Lipinski definition) is 5. The second-order valence-corrected chi connectivity index (χ2v) is 18.7. The van der Waals surface area contributed by atoms with Crippen molar-refractivity contribution in [2.75, 3.05) is 18.4 Å². The van der Waals surface area contributed by atoms with E-state index in [9.17, 15) is 0 Å². The Kier molecular flexibility index (Phi) is 13.4. The average Bonchev–Trinajstić information content (AvgIpc) is 4.39. The molecule has 14 nitrogen and oxygen atoms in total. The summed E-state index contributed by atoms with van der Waals surface area (Å²) in [4.78, 5) is 36.3. The van der Waals surface area contributed by atoms with Gasteiger partial charge in [-0.3, -0.25) is 45.0 Å². The second-order valence-electron chi connectivity index (χ2n) is 18.7. The summed E-state index contributed by atoms with van der Waals surface area (Å²) in [5, 5.41) is 23.2. The van der Waals surface area contributed by atoms with Crippen LogP contribution in [0.25, 0.3) is 117 Å². The van der Waals surface area contributed by atoms with Crippen LogP contribution in [0.5, 0.6) is 0 Å². The van der Waals surface area contributed by atoms with Crippen molar-refractivity contribution in [2.45, 2.75) is 33.2 Å². The molecule has 77 heavy (non-hydrogen) atoms. The van der Waals surface area contributed by atoms with Crippen LogP contribution in [0.15, 0.2) is 196 Å². The molecule has 1 aliphatic heterocycles. The van der Waals surface area contributed by atoms with Crippen LogP contribution in [0.4, 0.5) is 5.69 Å². The standard InChI is InChI=1S/C32H23N7.C29H25N7.C2H6/c1-20(21-6-3-2-4-7-21)36-24-14-23(17-34-18-24)29-16-27-31(19-35-29)38-39-32(27)30-15-26-25(8-5-9-28(26)37-30)22-10-12-33-13-11-22;1-2-11-36(10-1)18-19-12-21(16-31-15-19)26-14-24-28(17-32-26)34-35-29(24)27-13-23-22(4-3-5-25(23)33-27)20-6-8-30-9-7-20;1-2/h2-19,36-37H,1H2,(H,38,39);3-9,12-17,33H,1-2,10-11,18H2,(H,34,35);1-2H3. The zero-order chi connectivity index (χ0) is 52.1.